The SMILES string of the molecule is C=CCOCCN1C(=O)[C@@H]2[C@H]3C=C[C@H]([C@@H]2C1=O)[C@@H]1[C@H]2C(=O)N(CCOCC=C)C(=O)[C@@H]2[C@@H]31. The van der Waals surface area contributed by atoms with Gasteiger partial charge in [-0.1, -0.05) is 24.3 Å². The minimum atomic E-state index is -0.438. The van der Waals surface area contributed by atoms with Crippen molar-refractivity contribution in [2.75, 3.05) is 39.5 Å². The molecule has 0 spiro atoms. The van der Waals surface area contributed by atoms with E-state index >= 15 is 0 Å². The Labute approximate surface area is 186 Å². The first kappa shape index (κ1) is 21.3. The normalized spacial score (nSPS) is 38.6. The highest BCUT2D eigenvalue weighted by molar-refractivity contribution is 6.09. The Morgan fingerprint density at radius 1 is 0.688 bits per heavy atom. The van der Waals surface area contributed by atoms with Crippen LogP contribution >= 0.6 is 0 Å². The van der Waals surface area contributed by atoms with Gasteiger partial charge in [0.25, 0.3) is 0 Å². The van der Waals surface area contributed by atoms with Crippen LogP contribution in [0.3, 0.4) is 0 Å². The molecule has 6 rings (SSSR count). The van der Waals surface area contributed by atoms with Crippen molar-refractivity contribution in [2.24, 2.45) is 47.3 Å². The van der Waals surface area contributed by atoms with Crippen LogP contribution in [0.1, 0.15) is 0 Å². The van der Waals surface area contributed by atoms with Gasteiger partial charge in [0.2, 0.25) is 23.6 Å². The van der Waals surface area contributed by atoms with Gasteiger partial charge in [-0.3, -0.25) is 29.0 Å². The maximum Gasteiger partial charge on any atom is 0.233 e. The van der Waals surface area contributed by atoms with E-state index in [-0.39, 0.29) is 73.6 Å². The summed E-state index contributed by atoms with van der Waals surface area (Å²) in [4.78, 5) is 55.2. The standard InChI is InChI=1S/C24H28N2O6/c1-3-9-31-11-7-25-21(27)17-13-5-6-14(18(17)22(25)28)16-15(13)19-20(16)24(30)26(23(19)29)8-12-32-10-4-2/h3-6,13-20H,1-2,7-12H2/t13-,14-,15-,16-,17-,18+,19+,20+/m0/s1. The summed E-state index contributed by atoms with van der Waals surface area (Å²) in [5.74, 6) is -2.79. The molecule has 170 valence electrons. The van der Waals surface area contributed by atoms with Crippen molar-refractivity contribution in [3.05, 3.63) is 37.5 Å². The van der Waals surface area contributed by atoms with Crippen molar-refractivity contribution in [1.82, 2.24) is 9.80 Å². The van der Waals surface area contributed by atoms with E-state index in [1.54, 1.807) is 12.2 Å². The summed E-state index contributed by atoms with van der Waals surface area (Å²) in [6.45, 7) is 8.89. The van der Waals surface area contributed by atoms with Crippen LogP contribution in [-0.2, 0) is 28.7 Å². The topological polar surface area (TPSA) is 93.2 Å². The molecule has 8 nitrogen and oxygen atoms in total. The maximum absolute atomic E-state index is 13.2. The van der Waals surface area contributed by atoms with Gasteiger partial charge in [-0.25, -0.2) is 0 Å². The number of rotatable bonds is 10. The van der Waals surface area contributed by atoms with E-state index in [2.05, 4.69) is 13.2 Å². The smallest absolute Gasteiger partial charge is 0.233 e. The van der Waals surface area contributed by atoms with Crippen LogP contribution in [-0.4, -0.2) is 72.9 Å². The molecule has 4 aliphatic carbocycles. The van der Waals surface area contributed by atoms with E-state index in [0.717, 1.165) is 0 Å². The van der Waals surface area contributed by atoms with E-state index in [1.807, 2.05) is 12.2 Å². The van der Waals surface area contributed by atoms with E-state index in [9.17, 15) is 19.2 Å². The number of nitrogens with zero attached hydrogens (tertiary/aromatic N) is 2. The van der Waals surface area contributed by atoms with Crippen molar-refractivity contribution >= 4 is 23.6 Å². The Bertz CT molecular complexity index is 856. The summed E-state index contributed by atoms with van der Waals surface area (Å²) in [6, 6.07) is 0. The zero-order chi connectivity index (χ0) is 22.6. The second-order valence-electron chi connectivity index (χ2n) is 9.18. The van der Waals surface area contributed by atoms with E-state index in [4.69, 9.17) is 9.47 Å². The molecule has 4 fully saturated rings. The van der Waals surface area contributed by atoms with Crippen molar-refractivity contribution in [1.29, 1.82) is 0 Å². The third-order valence-corrected chi connectivity index (χ3v) is 7.92. The molecular weight excluding hydrogens is 412 g/mol. The molecule has 0 aromatic heterocycles. The predicted octanol–water partition coefficient (Wildman–Crippen LogP) is 0.656. The molecule has 6 aliphatic rings. The van der Waals surface area contributed by atoms with Gasteiger partial charge in [0.1, 0.15) is 0 Å². The van der Waals surface area contributed by atoms with Crippen LogP contribution in [0, 0.1) is 47.3 Å². The molecule has 0 aromatic rings. The molecule has 2 saturated carbocycles. The lowest BCUT2D eigenvalue weighted by molar-refractivity contribution is -0.166. The largest absolute Gasteiger partial charge is 0.376 e. The summed E-state index contributed by atoms with van der Waals surface area (Å²) in [6.07, 6.45) is 7.27. The van der Waals surface area contributed by atoms with Crippen molar-refractivity contribution < 1.29 is 28.7 Å². The fraction of sp³-hybridized carbons (Fsp3) is 0.583. The first-order valence-electron chi connectivity index (χ1n) is 11.3. The molecule has 8 heteroatoms. The number of carbonyl (C=O) groups excluding carboxylic acids is 4. The Morgan fingerprint density at radius 2 is 1.06 bits per heavy atom. The molecule has 2 bridgehead atoms. The number of imide groups is 2. The lowest BCUT2D eigenvalue weighted by Crippen LogP contribution is -2.63. The van der Waals surface area contributed by atoms with Crippen molar-refractivity contribution in [2.45, 2.75) is 0 Å². The molecule has 2 aliphatic heterocycles. The minimum Gasteiger partial charge on any atom is -0.376 e. The van der Waals surface area contributed by atoms with Gasteiger partial charge in [0.05, 0.1) is 63.2 Å². The molecule has 0 N–H and O–H groups in total. The zero-order valence-corrected chi connectivity index (χ0v) is 17.9. The van der Waals surface area contributed by atoms with Gasteiger partial charge < -0.3 is 9.47 Å². The van der Waals surface area contributed by atoms with Gasteiger partial charge in [0, 0.05) is 0 Å². The Balaban J connectivity index is 1.33. The summed E-state index contributed by atoms with van der Waals surface area (Å²) in [5, 5.41) is 0. The van der Waals surface area contributed by atoms with E-state index in [0.29, 0.717) is 13.2 Å². The van der Waals surface area contributed by atoms with Crippen LogP contribution in [0.25, 0.3) is 0 Å². The maximum atomic E-state index is 13.2. The molecular formula is C24H28N2O6. The third-order valence-electron chi connectivity index (χ3n) is 7.92. The highest BCUT2D eigenvalue weighted by Crippen LogP contribution is 2.68. The average molecular weight is 440 g/mol. The number of hydrogen-bond acceptors (Lipinski definition) is 6. The van der Waals surface area contributed by atoms with Gasteiger partial charge in [0.15, 0.2) is 0 Å². The highest BCUT2D eigenvalue weighted by Gasteiger charge is 2.74. The molecule has 0 radical (unpaired) electrons. The Hall–Kier alpha value is -2.58. The third kappa shape index (κ3) is 2.82. The van der Waals surface area contributed by atoms with Gasteiger partial charge in [-0.05, 0) is 23.7 Å². The van der Waals surface area contributed by atoms with Crippen molar-refractivity contribution in [3.8, 4) is 0 Å². The molecule has 2 heterocycles. The lowest BCUT2D eigenvalue weighted by atomic mass is 9.40. The molecule has 0 unspecified atom stereocenters. The first-order chi connectivity index (χ1) is 15.5. The van der Waals surface area contributed by atoms with Crippen LogP contribution in [0.4, 0.5) is 0 Å². The summed E-state index contributed by atoms with van der Waals surface area (Å²) in [7, 11) is 0. The molecule has 0 aromatic carbocycles. The number of ether oxygens (including phenoxy) is 2. The number of amides is 4. The fourth-order valence-corrected chi connectivity index (χ4v) is 6.81. The first-order valence-corrected chi connectivity index (χ1v) is 11.3. The second kappa shape index (κ2) is 8.08. The van der Waals surface area contributed by atoms with Crippen LogP contribution < -0.4 is 0 Å². The van der Waals surface area contributed by atoms with E-state index in [1.165, 1.54) is 9.80 Å². The summed E-state index contributed by atoms with van der Waals surface area (Å²) < 4.78 is 10.7. The van der Waals surface area contributed by atoms with Crippen LogP contribution in [0.5, 0.6) is 0 Å². The Morgan fingerprint density at radius 3 is 1.44 bits per heavy atom. The highest BCUT2D eigenvalue weighted by atomic mass is 16.5. The fourth-order valence-electron chi connectivity index (χ4n) is 6.81. The summed E-state index contributed by atoms with van der Waals surface area (Å²) >= 11 is 0. The number of hydrogen-bond donors (Lipinski definition) is 0. The van der Waals surface area contributed by atoms with Gasteiger partial charge >= 0.3 is 0 Å². The minimum absolute atomic E-state index is 0.0551. The zero-order valence-electron chi connectivity index (χ0n) is 17.9. The molecule has 2 saturated heterocycles. The second-order valence-corrected chi connectivity index (χ2v) is 9.18. The Kier molecular flexibility index (Phi) is 5.37. The lowest BCUT2D eigenvalue weighted by Gasteiger charge is -2.60. The number of carbonyl (C=O) groups is 4. The molecule has 32 heavy (non-hydrogen) atoms. The summed E-state index contributed by atoms with van der Waals surface area (Å²) in [5.41, 5.74) is 0. The van der Waals surface area contributed by atoms with Gasteiger partial charge in [-0.2, -0.15) is 0 Å². The average Bonchev–Trinajstić information content (AvgIpc) is 3.14. The van der Waals surface area contributed by atoms with Gasteiger partial charge in [-0.15, -0.1) is 13.2 Å². The monoisotopic (exact) mass is 440 g/mol. The van der Waals surface area contributed by atoms with Crippen molar-refractivity contribution in [3.63, 3.8) is 0 Å². The van der Waals surface area contributed by atoms with E-state index < -0.39 is 23.7 Å². The van der Waals surface area contributed by atoms with Crippen LogP contribution in [0.15, 0.2) is 37.5 Å². The number of allylic oxidation sites excluding steroid dienone is 2. The molecule has 8 atom stereocenters. The number of likely N-dealkylation sites (tertiary alicyclic amines) is 2. The predicted molar refractivity (Wildman–Crippen MR) is 113 cm³/mol. The van der Waals surface area contributed by atoms with Crippen LogP contribution in [0.2, 0.25) is 0 Å². The number of fused-ring (bicyclic) bond motifs is 1. The molecule has 4 amide bonds. The quantitative estimate of drug-likeness (QED) is 0.281.